The van der Waals surface area contributed by atoms with Gasteiger partial charge in [0.1, 0.15) is 0 Å². The van der Waals surface area contributed by atoms with Gasteiger partial charge in [-0.05, 0) is 24.3 Å². The van der Waals surface area contributed by atoms with Gasteiger partial charge in [-0.15, -0.1) is 0 Å². The Hall–Kier alpha value is -1.94. The lowest BCUT2D eigenvalue weighted by Crippen LogP contribution is -2.29. The summed E-state index contributed by atoms with van der Waals surface area (Å²) in [7, 11) is 0. The van der Waals surface area contributed by atoms with E-state index in [0.717, 1.165) is 10.9 Å². The molecule has 0 spiro atoms. The van der Waals surface area contributed by atoms with Crippen LogP contribution in [0.25, 0.3) is 10.9 Å². The highest BCUT2D eigenvalue weighted by atomic mass is 16.2. The van der Waals surface area contributed by atoms with Crippen LogP contribution in [0.5, 0.6) is 0 Å². The smallest absolute Gasteiger partial charge is 0.265 e. The third-order valence-electron chi connectivity index (χ3n) is 2.00. The summed E-state index contributed by atoms with van der Waals surface area (Å²) in [6.45, 7) is 0. The van der Waals surface area contributed by atoms with Crippen molar-refractivity contribution in [2.45, 2.75) is 0 Å². The molecule has 1 aromatic heterocycles. The molecule has 0 unspecified atom stereocenters. The number of carbonyl (C=O) groups is 1. The van der Waals surface area contributed by atoms with E-state index in [1.165, 1.54) is 0 Å². The summed E-state index contributed by atoms with van der Waals surface area (Å²) >= 11 is 0. The molecule has 1 heterocycles. The highest BCUT2D eigenvalue weighted by Gasteiger charge is 2.03. The van der Waals surface area contributed by atoms with Gasteiger partial charge >= 0.3 is 0 Å². The van der Waals surface area contributed by atoms with Crippen molar-refractivity contribution in [2.24, 2.45) is 5.84 Å². The van der Waals surface area contributed by atoms with Crippen LogP contribution in [0.4, 0.5) is 0 Å². The summed E-state index contributed by atoms with van der Waals surface area (Å²) in [6, 6.07) is 8.96. The van der Waals surface area contributed by atoms with Crippen molar-refractivity contribution in [3.63, 3.8) is 0 Å². The molecule has 0 atom stereocenters. The van der Waals surface area contributed by atoms with Crippen LogP contribution in [-0.4, -0.2) is 10.9 Å². The summed E-state index contributed by atoms with van der Waals surface area (Å²) in [5.74, 6) is 4.74. The Morgan fingerprint density at radius 1 is 1.36 bits per heavy atom. The summed E-state index contributed by atoms with van der Waals surface area (Å²) in [4.78, 5) is 15.3. The van der Waals surface area contributed by atoms with E-state index in [-0.39, 0.29) is 5.91 Å². The van der Waals surface area contributed by atoms with E-state index >= 15 is 0 Å². The number of hydrogen-bond donors (Lipinski definition) is 2. The van der Waals surface area contributed by atoms with Crippen molar-refractivity contribution in [1.29, 1.82) is 0 Å². The lowest BCUT2D eigenvalue weighted by Gasteiger charge is -2.00. The number of hydrazine groups is 1. The van der Waals surface area contributed by atoms with Crippen molar-refractivity contribution >= 4 is 16.8 Å². The van der Waals surface area contributed by atoms with Gasteiger partial charge in [0.25, 0.3) is 5.91 Å². The molecule has 2 aromatic rings. The van der Waals surface area contributed by atoms with Gasteiger partial charge in [0.15, 0.2) is 0 Å². The van der Waals surface area contributed by atoms with Crippen LogP contribution in [-0.2, 0) is 0 Å². The molecular formula is C10H9N3O. The first-order valence-electron chi connectivity index (χ1n) is 4.17. The Balaban J connectivity index is 2.56. The van der Waals surface area contributed by atoms with Gasteiger partial charge in [0, 0.05) is 17.1 Å². The first kappa shape index (κ1) is 8.65. The van der Waals surface area contributed by atoms with Crippen molar-refractivity contribution < 1.29 is 4.79 Å². The molecule has 1 aromatic carbocycles. The number of amides is 1. The standard InChI is InChI=1S/C10H9N3O/c11-13-10(14)8-3-4-9-7(6-8)2-1-5-12-9/h1-6H,11H2,(H,13,14). The van der Waals surface area contributed by atoms with Crippen molar-refractivity contribution in [3.05, 3.63) is 42.1 Å². The van der Waals surface area contributed by atoms with Gasteiger partial charge in [-0.2, -0.15) is 0 Å². The van der Waals surface area contributed by atoms with E-state index in [9.17, 15) is 4.79 Å². The lowest BCUT2D eigenvalue weighted by atomic mass is 10.1. The number of nitrogens with one attached hydrogen (secondary N) is 1. The molecule has 0 saturated heterocycles. The molecule has 3 N–H and O–H groups in total. The molecule has 2 rings (SSSR count). The monoisotopic (exact) mass is 187 g/mol. The van der Waals surface area contributed by atoms with Crippen LogP contribution in [0.15, 0.2) is 36.5 Å². The van der Waals surface area contributed by atoms with E-state index in [1.54, 1.807) is 24.4 Å². The topological polar surface area (TPSA) is 68.0 Å². The van der Waals surface area contributed by atoms with E-state index in [1.807, 2.05) is 12.1 Å². The van der Waals surface area contributed by atoms with Gasteiger partial charge in [-0.3, -0.25) is 15.2 Å². The third kappa shape index (κ3) is 1.43. The summed E-state index contributed by atoms with van der Waals surface area (Å²) in [5.41, 5.74) is 3.48. The van der Waals surface area contributed by atoms with Crippen LogP contribution in [0.1, 0.15) is 10.4 Å². The number of benzene rings is 1. The minimum atomic E-state index is -0.296. The first-order valence-corrected chi connectivity index (χ1v) is 4.17. The second-order valence-electron chi connectivity index (χ2n) is 2.88. The zero-order valence-corrected chi connectivity index (χ0v) is 7.40. The molecule has 0 fully saturated rings. The molecule has 0 saturated carbocycles. The van der Waals surface area contributed by atoms with Gasteiger partial charge in [-0.25, -0.2) is 5.84 Å². The fraction of sp³-hybridized carbons (Fsp3) is 0. The second-order valence-corrected chi connectivity index (χ2v) is 2.88. The van der Waals surface area contributed by atoms with E-state index in [4.69, 9.17) is 5.84 Å². The fourth-order valence-electron chi connectivity index (χ4n) is 1.30. The molecule has 0 aliphatic carbocycles. The van der Waals surface area contributed by atoms with Gasteiger partial charge in [-0.1, -0.05) is 6.07 Å². The number of nitrogens with zero attached hydrogens (tertiary/aromatic N) is 1. The Morgan fingerprint density at radius 3 is 3.00 bits per heavy atom. The maximum atomic E-state index is 11.2. The van der Waals surface area contributed by atoms with E-state index in [0.29, 0.717) is 5.56 Å². The number of fused-ring (bicyclic) bond motifs is 1. The molecular weight excluding hydrogens is 178 g/mol. The Kier molecular flexibility index (Phi) is 2.12. The average Bonchev–Trinajstić information content (AvgIpc) is 2.27. The number of carbonyl (C=O) groups excluding carboxylic acids is 1. The summed E-state index contributed by atoms with van der Waals surface area (Å²) in [6.07, 6.45) is 1.71. The normalized spacial score (nSPS) is 10.1. The number of aromatic nitrogens is 1. The lowest BCUT2D eigenvalue weighted by molar-refractivity contribution is 0.0954. The van der Waals surface area contributed by atoms with Gasteiger partial charge < -0.3 is 0 Å². The number of rotatable bonds is 1. The van der Waals surface area contributed by atoms with Crippen LogP contribution in [0.2, 0.25) is 0 Å². The Labute approximate surface area is 80.7 Å². The maximum Gasteiger partial charge on any atom is 0.265 e. The molecule has 0 aliphatic rings. The van der Waals surface area contributed by atoms with Crippen LogP contribution in [0, 0.1) is 0 Å². The van der Waals surface area contributed by atoms with Crippen molar-refractivity contribution in [1.82, 2.24) is 10.4 Å². The number of hydrogen-bond acceptors (Lipinski definition) is 3. The molecule has 4 nitrogen and oxygen atoms in total. The fourth-order valence-corrected chi connectivity index (χ4v) is 1.30. The number of pyridine rings is 1. The average molecular weight is 187 g/mol. The van der Waals surface area contributed by atoms with Crippen LogP contribution in [0.3, 0.4) is 0 Å². The van der Waals surface area contributed by atoms with Crippen molar-refractivity contribution in [3.8, 4) is 0 Å². The summed E-state index contributed by atoms with van der Waals surface area (Å²) < 4.78 is 0. The predicted molar refractivity (Wildman–Crippen MR) is 53.4 cm³/mol. The number of nitrogens with two attached hydrogens (primary N) is 1. The minimum absolute atomic E-state index is 0.296. The zero-order valence-electron chi connectivity index (χ0n) is 7.40. The Morgan fingerprint density at radius 2 is 2.21 bits per heavy atom. The van der Waals surface area contributed by atoms with Gasteiger partial charge in [0.2, 0.25) is 0 Å². The van der Waals surface area contributed by atoms with Crippen LogP contribution >= 0.6 is 0 Å². The number of nitrogen functional groups attached to an aromatic ring is 1. The van der Waals surface area contributed by atoms with E-state index in [2.05, 4.69) is 10.4 Å². The predicted octanol–water partition coefficient (Wildman–Crippen LogP) is 0.838. The highest BCUT2D eigenvalue weighted by molar-refractivity contribution is 5.97. The summed E-state index contributed by atoms with van der Waals surface area (Å²) in [5, 5.41) is 0.925. The van der Waals surface area contributed by atoms with E-state index < -0.39 is 0 Å². The molecule has 0 radical (unpaired) electrons. The quantitative estimate of drug-likeness (QED) is 0.395. The molecule has 14 heavy (non-hydrogen) atoms. The second kappa shape index (κ2) is 3.43. The third-order valence-corrected chi connectivity index (χ3v) is 2.00. The SMILES string of the molecule is NNC(=O)c1ccc2ncccc2c1. The molecule has 4 heteroatoms. The zero-order chi connectivity index (χ0) is 9.97. The van der Waals surface area contributed by atoms with Crippen molar-refractivity contribution in [2.75, 3.05) is 0 Å². The first-order chi connectivity index (χ1) is 6.81. The Bertz CT molecular complexity index is 482. The maximum absolute atomic E-state index is 11.2. The minimum Gasteiger partial charge on any atom is -0.290 e. The molecule has 0 aliphatic heterocycles. The molecule has 70 valence electrons. The highest BCUT2D eigenvalue weighted by Crippen LogP contribution is 2.12. The van der Waals surface area contributed by atoms with Gasteiger partial charge in [0.05, 0.1) is 5.52 Å². The van der Waals surface area contributed by atoms with Crippen LogP contribution < -0.4 is 11.3 Å². The molecule has 0 bridgehead atoms. The largest absolute Gasteiger partial charge is 0.290 e. The molecule has 1 amide bonds.